The number of hydrogen-bond donors (Lipinski definition) is 0. The molecule has 3 aliphatic rings. The van der Waals surface area contributed by atoms with Gasteiger partial charge in [0.05, 0.1) is 0 Å². The third kappa shape index (κ3) is 8.36. The Kier molecular flexibility index (Phi) is 11.0. The van der Waals surface area contributed by atoms with E-state index in [-0.39, 0.29) is 0 Å². The van der Waals surface area contributed by atoms with Crippen molar-refractivity contribution in [1.29, 1.82) is 0 Å². The van der Waals surface area contributed by atoms with Crippen LogP contribution in [0.1, 0.15) is 146 Å². The number of benzene rings is 1. The Morgan fingerprint density at radius 2 is 1.23 bits per heavy atom. The van der Waals surface area contributed by atoms with Crippen molar-refractivity contribution >= 4 is 0 Å². The van der Waals surface area contributed by atoms with E-state index in [2.05, 4.69) is 62.4 Å². The summed E-state index contributed by atoms with van der Waals surface area (Å²) in [7, 11) is 0. The summed E-state index contributed by atoms with van der Waals surface area (Å²) in [5.41, 5.74) is 3.13. The average molecular weight is 475 g/mol. The van der Waals surface area contributed by atoms with E-state index in [1.807, 2.05) is 0 Å². The molecule has 3 aliphatic carbocycles. The van der Waals surface area contributed by atoms with Crippen LogP contribution in [0.25, 0.3) is 0 Å². The van der Waals surface area contributed by atoms with E-state index in [1.54, 1.807) is 5.56 Å². The number of rotatable bonds is 11. The first-order valence-electron chi connectivity index (χ1n) is 15.7. The van der Waals surface area contributed by atoms with Crippen LogP contribution in [0.4, 0.5) is 0 Å². The summed E-state index contributed by atoms with van der Waals surface area (Å²) < 4.78 is 0. The summed E-state index contributed by atoms with van der Waals surface area (Å²) in [4.78, 5) is 0. The van der Waals surface area contributed by atoms with Gasteiger partial charge in [-0.1, -0.05) is 107 Å². The van der Waals surface area contributed by atoms with Crippen LogP contribution in [0.3, 0.4) is 0 Å². The summed E-state index contributed by atoms with van der Waals surface area (Å²) >= 11 is 0. The van der Waals surface area contributed by atoms with Gasteiger partial charge in [0, 0.05) is 5.92 Å². The van der Waals surface area contributed by atoms with E-state index in [0.29, 0.717) is 11.8 Å². The van der Waals surface area contributed by atoms with E-state index in [4.69, 9.17) is 0 Å². The molecule has 0 spiro atoms. The van der Waals surface area contributed by atoms with Crippen LogP contribution < -0.4 is 0 Å². The first-order valence-corrected chi connectivity index (χ1v) is 15.7. The van der Waals surface area contributed by atoms with Gasteiger partial charge in [-0.2, -0.15) is 0 Å². The molecule has 0 aromatic heterocycles. The van der Waals surface area contributed by atoms with Crippen LogP contribution in [-0.2, 0) is 0 Å². The highest BCUT2D eigenvalue weighted by Crippen LogP contribution is 2.39. The zero-order chi connectivity index (χ0) is 24.3. The Balaban J connectivity index is 1.19. The van der Waals surface area contributed by atoms with Gasteiger partial charge in [0.15, 0.2) is 0 Å². The maximum atomic E-state index is 2.59. The predicted molar refractivity (Wildman–Crippen MR) is 154 cm³/mol. The molecule has 0 bridgehead atoms. The molecule has 0 nitrogen and oxygen atoms in total. The van der Waals surface area contributed by atoms with Gasteiger partial charge in [-0.3, -0.25) is 0 Å². The highest BCUT2D eigenvalue weighted by molar-refractivity contribution is 5.31. The smallest absolute Gasteiger partial charge is 0.00185 e. The Morgan fingerprint density at radius 1 is 0.600 bits per heavy atom. The van der Waals surface area contributed by atoms with Gasteiger partial charge in [0.1, 0.15) is 0 Å². The van der Waals surface area contributed by atoms with E-state index in [9.17, 15) is 0 Å². The summed E-state index contributed by atoms with van der Waals surface area (Å²) in [5.74, 6) is 4.97. The summed E-state index contributed by atoms with van der Waals surface area (Å²) in [5, 5.41) is 0. The molecule has 0 N–H and O–H groups in total. The van der Waals surface area contributed by atoms with Crippen molar-refractivity contribution in [2.75, 3.05) is 0 Å². The van der Waals surface area contributed by atoms with Gasteiger partial charge in [0.25, 0.3) is 0 Å². The first-order chi connectivity index (χ1) is 17.2. The predicted octanol–water partition coefficient (Wildman–Crippen LogP) is 11.1. The highest BCUT2D eigenvalue weighted by Gasteiger charge is 2.23. The van der Waals surface area contributed by atoms with Crippen LogP contribution in [0.2, 0.25) is 0 Å². The molecule has 2 atom stereocenters. The third-order valence-electron chi connectivity index (χ3n) is 9.79. The van der Waals surface area contributed by atoms with Crippen LogP contribution >= 0.6 is 0 Å². The number of unbranched alkanes of at least 4 members (excludes halogenated alkanes) is 3. The van der Waals surface area contributed by atoms with Gasteiger partial charge in [-0.05, 0) is 105 Å². The van der Waals surface area contributed by atoms with Crippen molar-refractivity contribution in [3.63, 3.8) is 0 Å². The Morgan fingerprint density at radius 3 is 1.86 bits per heavy atom. The zero-order valence-electron chi connectivity index (χ0n) is 23.1. The topological polar surface area (TPSA) is 0 Å². The minimum atomic E-state index is 0.622. The van der Waals surface area contributed by atoms with Gasteiger partial charge < -0.3 is 0 Å². The number of hydrogen-bond acceptors (Lipinski definition) is 0. The molecule has 1 aromatic rings. The van der Waals surface area contributed by atoms with E-state index in [1.165, 1.54) is 115 Å². The second-order valence-electron chi connectivity index (χ2n) is 12.4. The van der Waals surface area contributed by atoms with Crippen molar-refractivity contribution in [3.8, 4) is 0 Å². The normalized spacial score (nSPS) is 31.7. The monoisotopic (exact) mass is 474 g/mol. The minimum Gasteiger partial charge on any atom is -0.0848 e. The maximum absolute atomic E-state index is 2.59. The van der Waals surface area contributed by atoms with Gasteiger partial charge in [-0.15, -0.1) is 0 Å². The largest absolute Gasteiger partial charge is 0.0848 e. The lowest BCUT2D eigenvalue weighted by molar-refractivity contribution is 0.289. The third-order valence-corrected chi connectivity index (χ3v) is 9.79. The van der Waals surface area contributed by atoms with Crippen LogP contribution in [0.15, 0.2) is 48.6 Å². The Bertz CT molecular complexity index is 752. The zero-order valence-corrected chi connectivity index (χ0v) is 23.1. The SMILES string of the molecule is CCCCCC1CCC(/C=C/C2C=CC(c3ccc(C4CCC(CCCC)CC4)cc3)CC2)CC1. The van der Waals surface area contributed by atoms with Crippen LogP contribution in [-0.4, -0.2) is 0 Å². The molecule has 35 heavy (non-hydrogen) atoms. The van der Waals surface area contributed by atoms with Crippen molar-refractivity contribution in [3.05, 3.63) is 59.7 Å². The summed E-state index contributed by atoms with van der Waals surface area (Å²) in [6.07, 6.45) is 34.3. The summed E-state index contributed by atoms with van der Waals surface area (Å²) in [6, 6.07) is 9.82. The molecule has 4 rings (SSSR count). The van der Waals surface area contributed by atoms with Crippen molar-refractivity contribution < 1.29 is 0 Å². The van der Waals surface area contributed by atoms with E-state index < -0.39 is 0 Å². The average Bonchev–Trinajstić information content (AvgIpc) is 2.92. The molecule has 2 unspecified atom stereocenters. The van der Waals surface area contributed by atoms with Gasteiger partial charge in [0.2, 0.25) is 0 Å². The molecule has 0 radical (unpaired) electrons. The van der Waals surface area contributed by atoms with Crippen LogP contribution in [0, 0.1) is 23.7 Å². The van der Waals surface area contributed by atoms with E-state index >= 15 is 0 Å². The fraction of sp³-hybridized carbons (Fsp3) is 0.714. The second-order valence-corrected chi connectivity index (χ2v) is 12.4. The summed E-state index contributed by atoms with van der Waals surface area (Å²) in [6.45, 7) is 4.65. The molecule has 2 fully saturated rings. The molecule has 0 heteroatoms. The molecule has 0 amide bonds. The lowest BCUT2D eigenvalue weighted by Crippen LogP contribution is -2.14. The fourth-order valence-corrected chi connectivity index (χ4v) is 7.22. The molecule has 0 saturated heterocycles. The maximum Gasteiger partial charge on any atom is 0.00185 e. The van der Waals surface area contributed by atoms with Crippen molar-refractivity contribution in [2.45, 2.75) is 135 Å². The lowest BCUT2D eigenvalue weighted by atomic mass is 9.76. The first kappa shape index (κ1) is 26.8. The molecule has 1 aromatic carbocycles. The molecule has 0 heterocycles. The van der Waals surface area contributed by atoms with Crippen molar-refractivity contribution in [2.24, 2.45) is 23.7 Å². The minimum absolute atomic E-state index is 0.622. The second kappa shape index (κ2) is 14.4. The molecular formula is C35H54. The Hall–Kier alpha value is -1.30. The van der Waals surface area contributed by atoms with Gasteiger partial charge >= 0.3 is 0 Å². The van der Waals surface area contributed by atoms with E-state index in [0.717, 1.165) is 23.7 Å². The number of allylic oxidation sites excluding steroid dienone is 4. The molecule has 194 valence electrons. The lowest BCUT2D eigenvalue weighted by Gasteiger charge is -2.29. The fourth-order valence-electron chi connectivity index (χ4n) is 7.22. The molecule has 2 saturated carbocycles. The van der Waals surface area contributed by atoms with Gasteiger partial charge in [-0.25, -0.2) is 0 Å². The standard InChI is InChI=1S/C35H54/c1-3-5-7-9-29-10-12-30(13-11-29)14-15-31-18-22-33(23-19-31)35-26-24-34(25-27-35)32-20-16-28(17-21-32)8-6-4-2/h14-15,18,22,24-33H,3-13,16-17,19-21,23H2,1-2H3/b15-14+. The Labute approximate surface area is 218 Å². The highest BCUT2D eigenvalue weighted by atomic mass is 14.3. The molecule has 0 aliphatic heterocycles. The van der Waals surface area contributed by atoms with Crippen LogP contribution in [0.5, 0.6) is 0 Å². The molecular weight excluding hydrogens is 420 g/mol. The van der Waals surface area contributed by atoms with Crippen molar-refractivity contribution in [1.82, 2.24) is 0 Å². The quantitative estimate of drug-likeness (QED) is 0.221.